The minimum Gasteiger partial charge on any atom is -0.389 e. The maximum absolute atomic E-state index is 13.1. The second kappa shape index (κ2) is 14.4. The van der Waals surface area contributed by atoms with Crippen LogP contribution in [0.4, 0.5) is 0 Å². The SMILES string of the molecule is CC1CCC(C(C)C)C(OCC(O)CN2CCN(CCN3C(=O)c4cccc5cccc(c45)C3=O)CC2)C1.Cl.Cl. The van der Waals surface area contributed by atoms with E-state index in [0.717, 1.165) is 43.4 Å². The molecule has 2 aromatic rings. The van der Waals surface area contributed by atoms with E-state index < -0.39 is 6.10 Å². The number of ether oxygens (including phenoxy) is 1. The summed E-state index contributed by atoms with van der Waals surface area (Å²) < 4.78 is 6.27. The number of piperazine rings is 1. The normalized spacial score (nSPS) is 24.6. The van der Waals surface area contributed by atoms with Crippen molar-refractivity contribution in [3.8, 4) is 0 Å². The quantitative estimate of drug-likeness (QED) is 0.423. The Balaban J connectivity index is 0.00000220. The molecule has 1 saturated heterocycles. The molecule has 0 bridgehead atoms. The maximum atomic E-state index is 13.1. The average molecular weight is 595 g/mol. The Hall–Kier alpha value is -1.74. The maximum Gasteiger partial charge on any atom is 0.261 e. The zero-order valence-corrected chi connectivity index (χ0v) is 25.6. The Morgan fingerprint density at radius 1 is 0.900 bits per heavy atom. The third-order valence-corrected chi connectivity index (χ3v) is 8.89. The molecule has 2 aromatic carbocycles. The first-order valence-corrected chi connectivity index (χ1v) is 14.4. The zero-order chi connectivity index (χ0) is 26.8. The van der Waals surface area contributed by atoms with E-state index in [1.165, 1.54) is 17.7 Å². The van der Waals surface area contributed by atoms with Crippen molar-refractivity contribution in [3.63, 3.8) is 0 Å². The molecule has 222 valence electrons. The van der Waals surface area contributed by atoms with Crippen LogP contribution < -0.4 is 0 Å². The molecule has 40 heavy (non-hydrogen) atoms. The average Bonchev–Trinajstić information content (AvgIpc) is 2.91. The van der Waals surface area contributed by atoms with Gasteiger partial charge in [0.25, 0.3) is 11.8 Å². The molecule has 7 nitrogen and oxygen atoms in total. The number of rotatable bonds is 9. The molecule has 0 spiro atoms. The van der Waals surface area contributed by atoms with Crippen LogP contribution in [0.5, 0.6) is 0 Å². The molecule has 4 unspecified atom stereocenters. The Kier molecular flexibility index (Phi) is 11.8. The summed E-state index contributed by atoms with van der Waals surface area (Å²) in [6.07, 6.45) is 3.36. The highest BCUT2D eigenvalue weighted by molar-refractivity contribution is 6.25. The number of aliphatic hydroxyl groups is 1. The van der Waals surface area contributed by atoms with Gasteiger partial charge in [-0.3, -0.25) is 24.3 Å². The second-order valence-corrected chi connectivity index (χ2v) is 12.0. The lowest BCUT2D eigenvalue weighted by atomic mass is 9.75. The summed E-state index contributed by atoms with van der Waals surface area (Å²) in [7, 11) is 0. The van der Waals surface area contributed by atoms with Crippen LogP contribution >= 0.6 is 24.8 Å². The Morgan fingerprint density at radius 3 is 2.10 bits per heavy atom. The first-order chi connectivity index (χ1) is 18.3. The van der Waals surface area contributed by atoms with Crippen molar-refractivity contribution in [1.82, 2.24) is 14.7 Å². The fraction of sp³-hybridized carbons (Fsp3) is 0.613. The smallest absolute Gasteiger partial charge is 0.261 e. The molecule has 2 fully saturated rings. The lowest BCUT2D eigenvalue weighted by Crippen LogP contribution is -2.52. The summed E-state index contributed by atoms with van der Waals surface area (Å²) in [6, 6.07) is 11.3. The number of hydrogen-bond acceptors (Lipinski definition) is 6. The number of carbonyl (C=O) groups is 2. The number of nitrogens with zero attached hydrogens (tertiary/aromatic N) is 3. The highest BCUT2D eigenvalue weighted by Crippen LogP contribution is 2.35. The highest BCUT2D eigenvalue weighted by Gasteiger charge is 2.34. The van der Waals surface area contributed by atoms with Crippen molar-refractivity contribution in [3.05, 3.63) is 47.5 Å². The van der Waals surface area contributed by atoms with Crippen molar-refractivity contribution >= 4 is 47.4 Å². The predicted molar refractivity (Wildman–Crippen MR) is 164 cm³/mol. The fourth-order valence-corrected chi connectivity index (χ4v) is 6.61. The third kappa shape index (κ3) is 7.18. The van der Waals surface area contributed by atoms with E-state index in [0.29, 0.717) is 55.1 Å². The van der Waals surface area contributed by atoms with Gasteiger partial charge in [0.15, 0.2) is 0 Å². The van der Waals surface area contributed by atoms with Crippen LogP contribution in [0.2, 0.25) is 0 Å². The van der Waals surface area contributed by atoms with E-state index in [2.05, 4.69) is 30.6 Å². The fourth-order valence-electron chi connectivity index (χ4n) is 6.61. The van der Waals surface area contributed by atoms with Crippen LogP contribution in [-0.2, 0) is 4.74 Å². The van der Waals surface area contributed by atoms with Gasteiger partial charge >= 0.3 is 0 Å². The molecule has 2 heterocycles. The molecule has 2 amide bonds. The van der Waals surface area contributed by atoms with Crippen molar-refractivity contribution in [2.45, 2.75) is 52.2 Å². The Bertz CT molecular complexity index is 1100. The molecule has 3 aliphatic rings. The van der Waals surface area contributed by atoms with Crippen molar-refractivity contribution in [2.75, 3.05) is 52.4 Å². The molecule has 0 radical (unpaired) electrons. The summed E-state index contributed by atoms with van der Waals surface area (Å²) in [5.41, 5.74) is 1.22. The van der Waals surface area contributed by atoms with Gasteiger partial charge in [-0.25, -0.2) is 0 Å². The number of carbonyl (C=O) groups excluding carboxylic acids is 2. The van der Waals surface area contributed by atoms with E-state index in [1.807, 2.05) is 36.4 Å². The van der Waals surface area contributed by atoms with Gasteiger partial charge in [0.05, 0.1) is 18.8 Å². The van der Waals surface area contributed by atoms with Gasteiger partial charge in [0.2, 0.25) is 0 Å². The number of aliphatic hydroxyl groups excluding tert-OH is 1. The van der Waals surface area contributed by atoms with Crippen LogP contribution in [0.3, 0.4) is 0 Å². The lowest BCUT2D eigenvalue weighted by molar-refractivity contribution is -0.0754. The number of amides is 2. The molecule has 9 heteroatoms. The van der Waals surface area contributed by atoms with E-state index in [9.17, 15) is 14.7 Å². The summed E-state index contributed by atoms with van der Waals surface area (Å²) in [4.78, 5) is 32.3. The Labute approximate surface area is 251 Å². The van der Waals surface area contributed by atoms with Gasteiger partial charge in [-0.05, 0) is 48.1 Å². The monoisotopic (exact) mass is 593 g/mol. The van der Waals surface area contributed by atoms with E-state index in [-0.39, 0.29) is 42.7 Å². The molecular formula is C31H45Cl2N3O4. The van der Waals surface area contributed by atoms with Gasteiger partial charge in [-0.2, -0.15) is 0 Å². The summed E-state index contributed by atoms with van der Waals surface area (Å²) in [5.74, 6) is 1.49. The topological polar surface area (TPSA) is 73.3 Å². The summed E-state index contributed by atoms with van der Waals surface area (Å²) in [6.45, 7) is 12.3. The largest absolute Gasteiger partial charge is 0.389 e. The third-order valence-electron chi connectivity index (χ3n) is 8.89. The van der Waals surface area contributed by atoms with Crippen LogP contribution in [0.15, 0.2) is 36.4 Å². The number of benzene rings is 2. The minimum atomic E-state index is -0.488. The van der Waals surface area contributed by atoms with Crippen molar-refractivity contribution < 1.29 is 19.4 Å². The van der Waals surface area contributed by atoms with Gasteiger partial charge in [0.1, 0.15) is 0 Å². The van der Waals surface area contributed by atoms with Crippen molar-refractivity contribution in [2.24, 2.45) is 17.8 Å². The molecule has 0 aromatic heterocycles. The van der Waals surface area contributed by atoms with E-state index in [1.54, 1.807) is 0 Å². The first kappa shape index (κ1) is 32.8. The van der Waals surface area contributed by atoms with Crippen LogP contribution in [0.25, 0.3) is 10.8 Å². The number of hydrogen-bond donors (Lipinski definition) is 1. The molecule has 5 rings (SSSR count). The summed E-state index contributed by atoms with van der Waals surface area (Å²) in [5, 5.41) is 12.4. The molecule has 4 atom stereocenters. The minimum absolute atomic E-state index is 0. The Morgan fingerprint density at radius 2 is 1.50 bits per heavy atom. The number of imide groups is 1. The lowest BCUT2D eigenvalue weighted by Gasteiger charge is -2.38. The molecule has 1 N–H and O–H groups in total. The van der Waals surface area contributed by atoms with Gasteiger partial charge in [-0.15, -0.1) is 24.8 Å². The standard InChI is InChI=1S/C31H43N3O4.2ClH/c1-21(2)25-11-10-22(3)18-28(25)38-20-24(35)19-33-14-12-32(13-15-33)16-17-34-30(36)26-8-4-6-23-7-5-9-27(29(23)26)31(34)37;;/h4-9,21-22,24-25,28,35H,10-20H2,1-3H3;2*1H. The first-order valence-electron chi connectivity index (χ1n) is 14.4. The van der Waals surface area contributed by atoms with Crippen LogP contribution in [0, 0.1) is 17.8 Å². The number of halogens is 2. The molecule has 2 aliphatic heterocycles. The van der Waals surface area contributed by atoms with E-state index in [4.69, 9.17) is 4.74 Å². The number of β-amino-alcohol motifs (C(OH)–C–C–N with tert-alkyl or cyclic N) is 1. The molecule has 1 aliphatic carbocycles. The van der Waals surface area contributed by atoms with Gasteiger partial charge in [-0.1, -0.05) is 51.5 Å². The molecule has 1 saturated carbocycles. The summed E-state index contributed by atoms with van der Waals surface area (Å²) >= 11 is 0. The van der Waals surface area contributed by atoms with Gasteiger partial charge < -0.3 is 9.84 Å². The molecular weight excluding hydrogens is 549 g/mol. The van der Waals surface area contributed by atoms with Crippen molar-refractivity contribution in [1.29, 1.82) is 0 Å². The van der Waals surface area contributed by atoms with Gasteiger partial charge in [0, 0.05) is 62.3 Å². The zero-order valence-electron chi connectivity index (χ0n) is 24.0. The predicted octanol–water partition coefficient (Wildman–Crippen LogP) is 4.74. The second-order valence-electron chi connectivity index (χ2n) is 12.0. The van der Waals surface area contributed by atoms with E-state index >= 15 is 0 Å². The van der Waals surface area contributed by atoms with Crippen LogP contribution in [-0.4, -0.2) is 96.2 Å². The highest BCUT2D eigenvalue weighted by atomic mass is 35.5. The van der Waals surface area contributed by atoms with Crippen LogP contribution in [0.1, 0.15) is 60.7 Å².